The molecule has 0 bridgehead atoms. The molecular weight excluding hydrogens is 344 g/mol. The fraction of sp³-hybridized carbons (Fsp3) is 0.550. The van der Waals surface area contributed by atoms with Crippen LogP contribution in [0.5, 0.6) is 0 Å². The summed E-state index contributed by atoms with van der Waals surface area (Å²) >= 11 is 0. The van der Waals surface area contributed by atoms with E-state index in [1.807, 2.05) is 25.1 Å². The van der Waals surface area contributed by atoms with Gasteiger partial charge in [0.25, 0.3) is 0 Å². The maximum absolute atomic E-state index is 12.5. The third-order valence-corrected chi connectivity index (χ3v) is 4.32. The number of hydrogen-bond acceptors (Lipinski definition) is 5. The van der Waals surface area contributed by atoms with Crippen molar-refractivity contribution in [2.45, 2.75) is 58.2 Å². The van der Waals surface area contributed by atoms with Crippen LogP contribution in [0.4, 0.5) is 10.5 Å². The van der Waals surface area contributed by atoms with Crippen molar-refractivity contribution in [2.75, 3.05) is 18.0 Å². The van der Waals surface area contributed by atoms with E-state index in [4.69, 9.17) is 4.74 Å². The van der Waals surface area contributed by atoms with E-state index in [1.165, 1.54) is 0 Å². The molecule has 0 aromatic heterocycles. The van der Waals surface area contributed by atoms with E-state index in [1.54, 1.807) is 26.8 Å². The summed E-state index contributed by atoms with van der Waals surface area (Å²) in [5, 5.41) is 14.9. The number of nitriles is 1. The summed E-state index contributed by atoms with van der Waals surface area (Å²) in [5.41, 5.74) is 0.900. The SMILES string of the molecule is CCC(NC(=O)OC(C)(C)C)C(=O)NC1CCN(c2ccccc2C#N)C1. The van der Waals surface area contributed by atoms with Crippen LogP contribution in [0.25, 0.3) is 0 Å². The minimum atomic E-state index is -0.639. The normalized spacial score (nSPS) is 17.7. The molecule has 1 aromatic carbocycles. The fourth-order valence-corrected chi connectivity index (χ4v) is 3.05. The van der Waals surface area contributed by atoms with Gasteiger partial charge in [0.1, 0.15) is 17.7 Å². The van der Waals surface area contributed by atoms with Crippen LogP contribution in [-0.2, 0) is 9.53 Å². The molecule has 1 aliphatic rings. The van der Waals surface area contributed by atoms with Crippen LogP contribution in [0.3, 0.4) is 0 Å². The average molecular weight is 372 g/mol. The molecule has 2 rings (SSSR count). The molecule has 146 valence electrons. The number of anilines is 1. The Bertz CT molecular complexity index is 721. The Morgan fingerprint density at radius 3 is 2.70 bits per heavy atom. The topological polar surface area (TPSA) is 94.5 Å². The molecule has 2 N–H and O–H groups in total. The highest BCUT2D eigenvalue weighted by atomic mass is 16.6. The second-order valence-electron chi connectivity index (χ2n) is 7.68. The summed E-state index contributed by atoms with van der Waals surface area (Å²) in [6, 6.07) is 8.99. The number of alkyl carbamates (subject to hydrolysis) is 1. The van der Waals surface area contributed by atoms with Gasteiger partial charge in [-0.05, 0) is 45.7 Å². The summed E-state index contributed by atoms with van der Waals surface area (Å²) in [6.07, 6.45) is 0.660. The molecule has 2 amide bonds. The van der Waals surface area contributed by atoms with Crippen LogP contribution in [0.15, 0.2) is 24.3 Å². The molecule has 2 atom stereocenters. The Labute approximate surface area is 160 Å². The summed E-state index contributed by atoms with van der Waals surface area (Å²) in [4.78, 5) is 26.6. The molecule has 1 heterocycles. The van der Waals surface area contributed by atoms with Crippen LogP contribution < -0.4 is 15.5 Å². The minimum absolute atomic E-state index is 0.0289. The molecule has 1 aliphatic heterocycles. The van der Waals surface area contributed by atoms with E-state index >= 15 is 0 Å². The van der Waals surface area contributed by atoms with Crippen molar-refractivity contribution in [3.63, 3.8) is 0 Å². The Hall–Kier alpha value is -2.75. The number of ether oxygens (including phenoxy) is 1. The first-order chi connectivity index (χ1) is 12.7. The highest BCUT2D eigenvalue weighted by Crippen LogP contribution is 2.24. The van der Waals surface area contributed by atoms with Crippen LogP contribution in [0.1, 0.15) is 46.1 Å². The highest BCUT2D eigenvalue weighted by Gasteiger charge is 2.29. The van der Waals surface area contributed by atoms with Crippen molar-refractivity contribution >= 4 is 17.7 Å². The van der Waals surface area contributed by atoms with Crippen molar-refractivity contribution in [3.05, 3.63) is 29.8 Å². The lowest BCUT2D eigenvalue weighted by Gasteiger charge is -2.24. The van der Waals surface area contributed by atoms with Crippen LogP contribution in [0.2, 0.25) is 0 Å². The van der Waals surface area contributed by atoms with Crippen LogP contribution >= 0.6 is 0 Å². The number of rotatable bonds is 5. The number of para-hydroxylation sites is 1. The fourth-order valence-electron chi connectivity index (χ4n) is 3.05. The quantitative estimate of drug-likeness (QED) is 0.828. The first-order valence-corrected chi connectivity index (χ1v) is 9.27. The van der Waals surface area contributed by atoms with Crippen molar-refractivity contribution in [2.24, 2.45) is 0 Å². The predicted molar refractivity (Wildman–Crippen MR) is 103 cm³/mol. The van der Waals surface area contributed by atoms with Gasteiger partial charge in [0.2, 0.25) is 5.91 Å². The highest BCUT2D eigenvalue weighted by molar-refractivity contribution is 5.86. The van der Waals surface area contributed by atoms with E-state index in [2.05, 4.69) is 21.6 Å². The molecule has 1 saturated heterocycles. The van der Waals surface area contributed by atoms with E-state index < -0.39 is 17.7 Å². The Morgan fingerprint density at radius 1 is 1.37 bits per heavy atom. The van der Waals surface area contributed by atoms with Gasteiger partial charge in [-0.2, -0.15) is 5.26 Å². The summed E-state index contributed by atoms with van der Waals surface area (Å²) in [7, 11) is 0. The van der Waals surface area contributed by atoms with E-state index in [-0.39, 0.29) is 11.9 Å². The third-order valence-electron chi connectivity index (χ3n) is 4.32. The van der Waals surface area contributed by atoms with Crippen molar-refractivity contribution in [3.8, 4) is 6.07 Å². The first kappa shape index (κ1) is 20.6. The molecular formula is C20H28N4O3. The molecule has 1 aromatic rings. The van der Waals surface area contributed by atoms with E-state index in [0.717, 1.165) is 18.7 Å². The van der Waals surface area contributed by atoms with Gasteiger partial charge < -0.3 is 20.3 Å². The number of amides is 2. The van der Waals surface area contributed by atoms with Gasteiger partial charge in [-0.1, -0.05) is 19.1 Å². The summed E-state index contributed by atoms with van der Waals surface area (Å²) in [6.45, 7) is 8.57. The largest absolute Gasteiger partial charge is 0.444 e. The summed E-state index contributed by atoms with van der Waals surface area (Å²) < 4.78 is 5.22. The molecule has 0 saturated carbocycles. The second kappa shape index (κ2) is 8.76. The number of carbonyl (C=O) groups is 2. The molecule has 27 heavy (non-hydrogen) atoms. The van der Waals surface area contributed by atoms with Gasteiger partial charge in [0, 0.05) is 19.1 Å². The number of nitrogens with one attached hydrogen (secondary N) is 2. The van der Waals surface area contributed by atoms with Gasteiger partial charge in [-0.15, -0.1) is 0 Å². The second-order valence-corrected chi connectivity index (χ2v) is 7.68. The molecule has 2 unspecified atom stereocenters. The van der Waals surface area contributed by atoms with E-state index in [0.29, 0.717) is 18.5 Å². The van der Waals surface area contributed by atoms with Gasteiger partial charge in [0.15, 0.2) is 0 Å². The Kier molecular flexibility index (Phi) is 6.67. The lowest BCUT2D eigenvalue weighted by atomic mass is 10.1. The number of hydrogen-bond donors (Lipinski definition) is 2. The lowest BCUT2D eigenvalue weighted by molar-refractivity contribution is -0.123. The zero-order valence-electron chi connectivity index (χ0n) is 16.4. The maximum atomic E-state index is 12.5. The molecule has 0 radical (unpaired) electrons. The average Bonchev–Trinajstić information content (AvgIpc) is 3.06. The van der Waals surface area contributed by atoms with Gasteiger partial charge >= 0.3 is 6.09 Å². The predicted octanol–water partition coefficient (Wildman–Crippen LogP) is 2.56. The third kappa shape index (κ3) is 5.88. The summed E-state index contributed by atoms with van der Waals surface area (Å²) in [5.74, 6) is -0.219. The lowest BCUT2D eigenvalue weighted by Crippen LogP contribution is -2.50. The maximum Gasteiger partial charge on any atom is 0.408 e. The first-order valence-electron chi connectivity index (χ1n) is 9.27. The standard InChI is InChI=1S/C20H28N4O3/c1-5-16(23-19(26)27-20(2,3)4)18(25)22-15-10-11-24(13-15)17-9-7-6-8-14(17)12-21/h6-9,15-16H,5,10-11,13H2,1-4H3,(H,22,25)(H,23,26). The molecule has 0 spiro atoms. The monoisotopic (exact) mass is 372 g/mol. The van der Waals surface area contributed by atoms with E-state index in [9.17, 15) is 14.9 Å². The van der Waals surface area contributed by atoms with Crippen molar-refractivity contribution in [1.82, 2.24) is 10.6 Å². The smallest absolute Gasteiger partial charge is 0.408 e. The number of nitrogens with zero attached hydrogens (tertiary/aromatic N) is 2. The molecule has 7 heteroatoms. The Morgan fingerprint density at radius 2 is 2.07 bits per heavy atom. The zero-order chi connectivity index (χ0) is 20.0. The molecule has 0 aliphatic carbocycles. The number of benzene rings is 1. The van der Waals surface area contributed by atoms with Crippen LogP contribution in [-0.4, -0.2) is 42.8 Å². The van der Waals surface area contributed by atoms with Gasteiger partial charge in [-0.25, -0.2) is 4.79 Å². The van der Waals surface area contributed by atoms with Crippen molar-refractivity contribution in [1.29, 1.82) is 5.26 Å². The van der Waals surface area contributed by atoms with Crippen molar-refractivity contribution < 1.29 is 14.3 Å². The van der Waals surface area contributed by atoms with Gasteiger partial charge in [0.05, 0.1) is 11.3 Å². The molecule has 1 fully saturated rings. The van der Waals surface area contributed by atoms with Crippen LogP contribution in [0, 0.1) is 11.3 Å². The zero-order valence-corrected chi connectivity index (χ0v) is 16.4. The minimum Gasteiger partial charge on any atom is -0.444 e. The van der Waals surface area contributed by atoms with Gasteiger partial charge in [-0.3, -0.25) is 4.79 Å². The molecule has 7 nitrogen and oxygen atoms in total. The number of carbonyl (C=O) groups excluding carboxylic acids is 2. The Balaban J connectivity index is 1.92.